The van der Waals surface area contributed by atoms with Gasteiger partial charge >= 0.3 is 0 Å². The number of nitrogens with one attached hydrogen (secondary N) is 1. The second-order valence-corrected chi connectivity index (χ2v) is 5.54. The van der Waals surface area contributed by atoms with E-state index in [1.54, 1.807) is 0 Å². The topological polar surface area (TPSA) is 15.3 Å². The van der Waals surface area contributed by atoms with Crippen molar-refractivity contribution in [1.82, 2.24) is 10.2 Å². The first-order valence-electron chi connectivity index (χ1n) is 6.99. The van der Waals surface area contributed by atoms with Gasteiger partial charge in [0.15, 0.2) is 0 Å². The number of nitrogens with zero attached hydrogens (tertiary/aromatic N) is 1. The Labute approximate surface area is 127 Å². The predicted molar refractivity (Wildman–Crippen MR) is 85.3 cm³/mol. The highest BCUT2D eigenvalue weighted by atomic mass is 35.5. The van der Waals surface area contributed by atoms with Crippen LogP contribution in [0.5, 0.6) is 0 Å². The van der Waals surface area contributed by atoms with Crippen molar-refractivity contribution in [2.75, 3.05) is 26.2 Å². The van der Waals surface area contributed by atoms with Crippen molar-refractivity contribution in [3.63, 3.8) is 0 Å². The van der Waals surface area contributed by atoms with E-state index < -0.39 is 0 Å². The predicted octanol–water partition coefficient (Wildman–Crippen LogP) is 4.38. The molecule has 1 unspecified atom stereocenters. The molecule has 1 atom stereocenters. The summed E-state index contributed by atoms with van der Waals surface area (Å²) < 4.78 is 0. The second kappa shape index (κ2) is 8.80. The fourth-order valence-electron chi connectivity index (χ4n) is 2.15. The van der Waals surface area contributed by atoms with Crippen LogP contribution in [0.25, 0.3) is 0 Å². The molecule has 108 valence electrons. The van der Waals surface area contributed by atoms with Crippen LogP contribution in [0.1, 0.15) is 38.8 Å². The van der Waals surface area contributed by atoms with Gasteiger partial charge in [-0.3, -0.25) is 0 Å². The third kappa shape index (κ3) is 5.31. The molecule has 2 nitrogen and oxygen atoms in total. The average Bonchev–Trinajstić information content (AvgIpc) is 2.40. The first-order chi connectivity index (χ1) is 9.10. The third-order valence-corrected chi connectivity index (χ3v) is 4.15. The van der Waals surface area contributed by atoms with Gasteiger partial charge in [-0.2, -0.15) is 0 Å². The number of likely N-dealkylation sites (N-methyl/N-ethyl adjacent to an activating group) is 1. The van der Waals surface area contributed by atoms with Crippen molar-refractivity contribution < 1.29 is 0 Å². The number of rotatable bonds is 8. The highest BCUT2D eigenvalue weighted by Gasteiger charge is 2.11. The van der Waals surface area contributed by atoms with E-state index in [0.717, 1.165) is 31.7 Å². The Morgan fingerprint density at radius 3 is 2.58 bits per heavy atom. The number of hydrogen-bond donors (Lipinski definition) is 1. The van der Waals surface area contributed by atoms with E-state index in [1.165, 1.54) is 6.42 Å². The van der Waals surface area contributed by atoms with E-state index in [4.69, 9.17) is 23.2 Å². The van der Waals surface area contributed by atoms with Gasteiger partial charge in [-0.25, -0.2) is 0 Å². The third-order valence-electron chi connectivity index (χ3n) is 3.31. The zero-order valence-corrected chi connectivity index (χ0v) is 13.6. The van der Waals surface area contributed by atoms with Crippen LogP contribution in [0.2, 0.25) is 10.0 Å². The van der Waals surface area contributed by atoms with Crippen LogP contribution in [0, 0.1) is 0 Å². The summed E-state index contributed by atoms with van der Waals surface area (Å²) in [6.45, 7) is 10.8. The molecule has 0 aliphatic carbocycles. The van der Waals surface area contributed by atoms with Gasteiger partial charge in [0, 0.05) is 19.1 Å². The molecule has 0 aliphatic heterocycles. The summed E-state index contributed by atoms with van der Waals surface area (Å²) >= 11 is 12.3. The van der Waals surface area contributed by atoms with Crippen LogP contribution in [-0.4, -0.2) is 31.1 Å². The Balaban J connectivity index is 2.47. The molecule has 0 fully saturated rings. The molecule has 0 aliphatic rings. The van der Waals surface area contributed by atoms with Crippen LogP contribution in [0.3, 0.4) is 0 Å². The molecule has 0 saturated carbocycles. The van der Waals surface area contributed by atoms with Gasteiger partial charge in [0.2, 0.25) is 0 Å². The van der Waals surface area contributed by atoms with Gasteiger partial charge in [-0.15, -0.1) is 0 Å². The van der Waals surface area contributed by atoms with E-state index >= 15 is 0 Å². The molecule has 1 rings (SSSR count). The molecule has 0 spiro atoms. The Bertz CT molecular complexity index is 382. The van der Waals surface area contributed by atoms with Crippen LogP contribution in [0.4, 0.5) is 0 Å². The van der Waals surface area contributed by atoms with Crippen LogP contribution in [-0.2, 0) is 0 Å². The maximum absolute atomic E-state index is 6.22. The molecule has 0 radical (unpaired) electrons. The van der Waals surface area contributed by atoms with Crippen molar-refractivity contribution in [2.24, 2.45) is 0 Å². The summed E-state index contributed by atoms with van der Waals surface area (Å²) in [6.07, 6.45) is 1.20. The van der Waals surface area contributed by atoms with Gasteiger partial charge in [0.05, 0.1) is 10.0 Å². The van der Waals surface area contributed by atoms with Gasteiger partial charge in [-0.05, 0) is 38.1 Å². The van der Waals surface area contributed by atoms with Crippen molar-refractivity contribution in [1.29, 1.82) is 0 Å². The van der Waals surface area contributed by atoms with E-state index in [1.807, 2.05) is 18.2 Å². The molecular weight excluding hydrogens is 279 g/mol. The lowest BCUT2D eigenvalue weighted by Gasteiger charge is -2.22. The minimum atomic E-state index is 0.214. The SMILES string of the molecule is CCCN(CC)CCNC(C)c1cccc(Cl)c1Cl. The monoisotopic (exact) mass is 302 g/mol. The first-order valence-corrected chi connectivity index (χ1v) is 7.75. The van der Waals surface area contributed by atoms with E-state index in [-0.39, 0.29) is 6.04 Å². The lowest BCUT2D eigenvalue weighted by atomic mass is 10.1. The fourth-order valence-corrected chi connectivity index (χ4v) is 2.62. The molecule has 1 aromatic rings. The molecule has 0 aromatic heterocycles. The molecule has 0 amide bonds. The van der Waals surface area contributed by atoms with Crippen molar-refractivity contribution >= 4 is 23.2 Å². The molecule has 1 N–H and O–H groups in total. The minimum Gasteiger partial charge on any atom is -0.309 e. The summed E-state index contributed by atoms with van der Waals surface area (Å²) in [5.74, 6) is 0. The van der Waals surface area contributed by atoms with Crippen LogP contribution < -0.4 is 5.32 Å². The highest BCUT2D eigenvalue weighted by Crippen LogP contribution is 2.29. The number of hydrogen-bond acceptors (Lipinski definition) is 2. The maximum atomic E-state index is 6.22. The Hall–Kier alpha value is -0.280. The fraction of sp³-hybridized carbons (Fsp3) is 0.600. The highest BCUT2D eigenvalue weighted by molar-refractivity contribution is 6.42. The Morgan fingerprint density at radius 1 is 1.21 bits per heavy atom. The zero-order valence-electron chi connectivity index (χ0n) is 12.0. The summed E-state index contributed by atoms with van der Waals surface area (Å²) in [7, 11) is 0. The average molecular weight is 303 g/mol. The van der Waals surface area contributed by atoms with E-state index in [9.17, 15) is 0 Å². The summed E-state index contributed by atoms with van der Waals surface area (Å²) in [4.78, 5) is 2.44. The van der Waals surface area contributed by atoms with Gasteiger partial charge in [0.25, 0.3) is 0 Å². The summed E-state index contributed by atoms with van der Waals surface area (Å²) in [5, 5.41) is 4.78. The van der Waals surface area contributed by atoms with Crippen LogP contribution in [0.15, 0.2) is 18.2 Å². The first kappa shape index (κ1) is 16.8. The largest absolute Gasteiger partial charge is 0.309 e. The molecule has 19 heavy (non-hydrogen) atoms. The quantitative estimate of drug-likeness (QED) is 0.767. The lowest BCUT2D eigenvalue weighted by Crippen LogP contribution is -2.33. The number of benzene rings is 1. The van der Waals surface area contributed by atoms with Crippen LogP contribution >= 0.6 is 23.2 Å². The number of halogens is 2. The van der Waals surface area contributed by atoms with Gasteiger partial charge in [-0.1, -0.05) is 49.2 Å². The standard InChI is InChI=1S/C15H24Cl2N2/c1-4-10-19(5-2)11-9-18-12(3)13-7-6-8-14(16)15(13)17/h6-8,12,18H,4-5,9-11H2,1-3H3. The molecular formula is C15H24Cl2N2. The maximum Gasteiger partial charge on any atom is 0.0639 e. The molecule has 4 heteroatoms. The molecule has 0 bridgehead atoms. The molecule has 0 heterocycles. The van der Waals surface area contributed by atoms with Gasteiger partial charge in [0.1, 0.15) is 0 Å². The van der Waals surface area contributed by atoms with Gasteiger partial charge < -0.3 is 10.2 Å². The van der Waals surface area contributed by atoms with Crippen molar-refractivity contribution in [3.8, 4) is 0 Å². The minimum absolute atomic E-state index is 0.214. The Kier molecular flexibility index (Phi) is 7.77. The molecule has 0 saturated heterocycles. The molecule has 1 aromatic carbocycles. The normalized spacial score (nSPS) is 12.9. The van der Waals surface area contributed by atoms with Crippen molar-refractivity contribution in [2.45, 2.75) is 33.2 Å². The second-order valence-electron chi connectivity index (χ2n) is 4.75. The Morgan fingerprint density at radius 2 is 1.95 bits per heavy atom. The summed E-state index contributed by atoms with van der Waals surface area (Å²) in [5.41, 5.74) is 1.06. The van der Waals surface area contributed by atoms with Crippen molar-refractivity contribution in [3.05, 3.63) is 33.8 Å². The zero-order chi connectivity index (χ0) is 14.3. The summed E-state index contributed by atoms with van der Waals surface area (Å²) in [6, 6.07) is 6.00. The van der Waals surface area contributed by atoms with E-state index in [0.29, 0.717) is 10.0 Å². The van der Waals surface area contributed by atoms with E-state index in [2.05, 4.69) is 31.0 Å². The smallest absolute Gasteiger partial charge is 0.0639 e. The lowest BCUT2D eigenvalue weighted by molar-refractivity contribution is 0.284.